The van der Waals surface area contributed by atoms with E-state index in [-0.39, 0.29) is 18.6 Å². The molecule has 17 heavy (non-hydrogen) atoms. The van der Waals surface area contributed by atoms with Gasteiger partial charge in [0.05, 0.1) is 19.4 Å². The van der Waals surface area contributed by atoms with Crippen LogP contribution >= 0.6 is 0 Å². The minimum absolute atomic E-state index is 0.176. The van der Waals surface area contributed by atoms with Crippen molar-refractivity contribution >= 4 is 11.9 Å². The topological polar surface area (TPSA) is 52.6 Å². The molecule has 98 valence electrons. The Kier molecular flexibility index (Phi) is 6.30. The third kappa shape index (κ3) is 9.40. The van der Waals surface area contributed by atoms with Crippen LogP contribution in [0.5, 0.6) is 0 Å². The van der Waals surface area contributed by atoms with Gasteiger partial charge in [-0.2, -0.15) is 13.2 Å². The minimum atomic E-state index is -4.35. The van der Waals surface area contributed by atoms with Crippen LogP contribution in [0.25, 0.3) is 0 Å². The summed E-state index contributed by atoms with van der Waals surface area (Å²) in [7, 11) is 0. The van der Waals surface area contributed by atoms with Gasteiger partial charge >= 0.3 is 18.1 Å². The maximum absolute atomic E-state index is 11.7. The number of carbonyl (C=O) groups excluding carboxylic acids is 2. The lowest BCUT2D eigenvalue weighted by Gasteiger charge is -2.07. The normalized spacial score (nSPS) is 10.8. The predicted octanol–water partition coefficient (Wildman–Crippen LogP) is 1.99. The number of hydrogen-bond donors (Lipinski definition) is 0. The molecule has 0 aliphatic heterocycles. The van der Waals surface area contributed by atoms with Gasteiger partial charge in [0.1, 0.15) is 6.61 Å². The Morgan fingerprint density at radius 2 is 1.76 bits per heavy atom. The number of hydrogen-bond acceptors (Lipinski definition) is 4. The summed E-state index contributed by atoms with van der Waals surface area (Å²) in [5, 5.41) is 0. The second kappa shape index (κ2) is 6.93. The Bertz CT molecular complexity index is 296. The minimum Gasteiger partial charge on any atom is -0.465 e. The van der Waals surface area contributed by atoms with Crippen molar-refractivity contribution in [2.45, 2.75) is 25.9 Å². The SMILES string of the molecule is C=C(C)C(=O)OCCC(=O)OCCC(F)(F)F. The van der Waals surface area contributed by atoms with Gasteiger partial charge in [0.2, 0.25) is 0 Å². The summed E-state index contributed by atoms with van der Waals surface area (Å²) in [5.41, 5.74) is 0.176. The molecule has 0 N–H and O–H groups in total. The van der Waals surface area contributed by atoms with Crippen molar-refractivity contribution in [1.82, 2.24) is 0 Å². The van der Waals surface area contributed by atoms with Crippen LogP contribution in [0, 0.1) is 0 Å². The third-order valence-electron chi connectivity index (χ3n) is 1.54. The predicted molar refractivity (Wildman–Crippen MR) is 52.0 cm³/mol. The van der Waals surface area contributed by atoms with Gasteiger partial charge in [-0.15, -0.1) is 0 Å². The van der Waals surface area contributed by atoms with E-state index in [2.05, 4.69) is 16.1 Å². The fourth-order valence-corrected chi connectivity index (χ4v) is 0.703. The number of ether oxygens (including phenoxy) is 2. The van der Waals surface area contributed by atoms with Crippen LogP contribution in [0.4, 0.5) is 13.2 Å². The average molecular weight is 254 g/mol. The first-order valence-corrected chi connectivity index (χ1v) is 4.77. The van der Waals surface area contributed by atoms with Gasteiger partial charge < -0.3 is 9.47 Å². The monoisotopic (exact) mass is 254 g/mol. The Labute approximate surface area is 96.4 Å². The van der Waals surface area contributed by atoms with Gasteiger partial charge in [-0.25, -0.2) is 4.79 Å². The van der Waals surface area contributed by atoms with Gasteiger partial charge in [-0.1, -0.05) is 6.58 Å². The van der Waals surface area contributed by atoms with E-state index in [1.165, 1.54) is 6.92 Å². The summed E-state index contributed by atoms with van der Waals surface area (Å²) in [4.78, 5) is 21.7. The van der Waals surface area contributed by atoms with Crippen molar-refractivity contribution in [1.29, 1.82) is 0 Å². The van der Waals surface area contributed by atoms with Gasteiger partial charge in [-0.05, 0) is 6.92 Å². The largest absolute Gasteiger partial charge is 0.465 e. The quantitative estimate of drug-likeness (QED) is 0.537. The molecule has 0 rings (SSSR count). The molecule has 0 aromatic rings. The summed E-state index contributed by atoms with van der Waals surface area (Å²) in [5.74, 6) is -1.50. The van der Waals surface area contributed by atoms with Crippen molar-refractivity contribution in [3.8, 4) is 0 Å². The molecule has 0 bridgehead atoms. The fourth-order valence-electron chi connectivity index (χ4n) is 0.703. The highest BCUT2D eigenvalue weighted by molar-refractivity contribution is 5.87. The van der Waals surface area contributed by atoms with Crippen molar-refractivity contribution in [3.63, 3.8) is 0 Å². The number of rotatable bonds is 6. The van der Waals surface area contributed by atoms with E-state index in [1.807, 2.05) is 0 Å². The molecule has 0 heterocycles. The molecule has 0 radical (unpaired) electrons. The zero-order valence-corrected chi connectivity index (χ0v) is 9.30. The molecular weight excluding hydrogens is 241 g/mol. The van der Waals surface area contributed by atoms with E-state index < -0.39 is 31.1 Å². The van der Waals surface area contributed by atoms with E-state index >= 15 is 0 Å². The summed E-state index contributed by atoms with van der Waals surface area (Å²) in [6.07, 6.45) is -5.83. The molecule has 0 amide bonds. The molecule has 4 nitrogen and oxygen atoms in total. The van der Waals surface area contributed by atoms with Crippen LogP contribution in [-0.4, -0.2) is 31.3 Å². The van der Waals surface area contributed by atoms with Crippen LogP contribution in [-0.2, 0) is 19.1 Å². The molecule has 0 aromatic heterocycles. The van der Waals surface area contributed by atoms with Crippen molar-refractivity contribution in [2.24, 2.45) is 0 Å². The number of carbonyl (C=O) groups is 2. The van der Waals surface area contributed by atoms with Gasteiger partial charge in [0, 0.05) is 5.57 Å². The van der Waals surface area contributed by atoms with E-state index in [0.717, 1.165) is 0 Å². The van der Waals surface area contributed by atoms with Crippen LogP contribution in [0.15, 0.2) is 12.2 Å². The Hall–Kier alpha value is -1.53. The highest BCUT2D eigenvalue weighted by Gasteiger charge is 2.27. The van der Waals surface area contributed by atoms with Gasteiger partial charge in [0.25, 0.3) is 0 Å². The molecule has 0 spiro atoms. The maximum atomic E-state index is 11.7. The molecule has 0 saturated heterocycles. The molecule has 0 aliphatic carbocycles. The summed E-state index contributed by atoms with van der Waals surface area (Å²) in [6, 6.07) is 0. The first-order chi connectivity index (χ1) is 7.72. The van der Waals surface area contributed by atoms with Gasteiger partial charge in [-0.3, -0.25) is 4.79 Å². The van der Waals surface area contributed by atoms with E-state index in [0.29, 0.717) is 0 Å². The molecule has 0 saturated carbocycles. The van der Waals surface area contributed by atoms with Crippen molar-refractivity contribution in [2.75, 3.05) is 13.2 Å². The van der Waals surface area contributed by atoms with Crippen LogP contribution in [0.1, 0.15) is 19.8 Å². The smallest absolute Gasteiger partial charge is 0.392 e. The fraction of sp³-hybridized carbons (Fsp3) is 0.600. The highest BCUT2D eigenvalue weighted by atomic mass is 19.4. The summed E-state index contributed by atoms with van der Waals surface area (Å²) >= 11 is 0. The van der Waals surface area contributed by atoms with E-state index in [4.69, 9.17) is 0 Å². The zero-order valence-electron chi connectivity index (χ0n) is 9.30. The van der Waals surface area contributed by atoms with Gasteiger partial charge in [0.15, 0.2) is 0 Å². The van der Waals surface area contributed by atoms with E-state index in [1.54, 1.807) is 0 Å². The summed E-state index contributed by atoms with van der Waals surface area (Å²) in [6.45, 7) is 3.78. The molecule has 0 unspecified atom stereocenters. The zero-order chi connectivity index (χ0) is 13.5. The molecule has 7 heteroatoms. The standard InChI is InChI=1S/C10H13F3O4/c1-7(2)9(15)17-5-3-8(14)16-6-4-10(11,12)13/h1,3-6H2,2H3. The second-order valence-corrected chi connectivity index (χ2v) is 3.25. The average Bonchev–Trinajstić information content (AvgIpc) is 2.15. The van der Waals surface area contributed by atoms with E-state index in [9.17, 15) is 22.8 Å². The van der Waals surface area contributed by atoms with Crippen LogP contribution in [0.2, 0.25) is 0 Å². The lowest BCUT2D eigenvalue weighted by Crippen LogP contribution is -2.16. The molecular formula is C10H13F3O4. The highest BCUT2D eigenvalue weighted by Crippen LogP contribution is 2.18. The maximum Gasteiger partial charge on any atom is 0.392 e. The summed E-state index contributed by atoms with van der Waals surface area (Å²) < 4.78 is 43.9. The number of esters is 2. The first-order valence-electron chi connectivity index (χ1n) is 4.77. The van der Waals surface area contributed by atoms with Crippen molar-refractivity contribution in [3.05, 3.63) is 12.2 Å². The molecule has 0 aliphatic rings. The number of alkyl halides is 3. The van der Waals surface area contributed by atoms with Crippen molar-refractivity contribution < 1.29 is 32.2 Å². The Balaban J connectivity index is 3.61. The third-order valence-corrected chi connectivity index (χ3v) is 1.54. The second-order valence-electron chi connectivity index (χ2n) is 3.25. The molecule has 0 aromatic carbocycles. The Morgan fingerprint density at radius 1 is 1.18 bits per heavy atom. The molecule has 0 atom stereocenters. The first kappa shape index (κ1) is 15.5. The Morgan fingerprint density at radius 3 is 2.24 bits per heavy atom. The molecule has 0 fully saturated rings. The van der Waals surface area contributed by atoms with Crippen LogP contribution in [0.3, 0.4) is 0 Å². The lowest BCUT2D eigenvalue weighted by atomic mass is 10.3. The number of halogens is 3. The van der Waals surface area contributed by atoms with Crippen LogP contribution < -0.4 is 0 Å². The lowest BCUT2D eigenvalue weighted by molar-refractivity contribution is -0.159.